The lowest BCUT2D eigenvalue weighted by molar-refractivity contribution is -0.135. The Balaban J connectivity index is 2.08. The summed E-state index contributed by atoms with van der Waals surface area (Å²) in [4.78, 5) is 12.2. The molecular weight excluding hydrogens is 266 g/mol. The second-order valence-corrected chi connectivity index (χ2v) is 5.01. The Bertz CT molecular complexity index is 603. The zero-order valence-electron chi connectivity index (χ0n) is 12.6. The molecule has 0 aromatic heterocycles. The van der Waals surface area contributed by atoms with E-state index in [-0.39, 0.29) is 11.9 Å². The molecule has 2 aromatic carbocycles. The maximum absolute atomic E-state index is 12.2. The number of carbonyl (C=O) groups excluding carboxylic acids is 1. The van der Waals surface area contributed by atoms with Gasteiger partial charge in [0, 0.05) is 14.2 Å². The van der Waals surface area contributed by atoms with Crippen molar-refractivity contribution in [2.75, 3.05) is 14.2 Å². The van der Waals surface area contributed by atoms with Crippen LogP contribution in [0.2, 0.25) is 0 Å². The van der Waals surface area contributed by atoms with Crippen LogP contribution in [-0.2, 0) is 20.7 Å². The Labute approximate surface area is 125 Å². The van der Waals surface area contributed by atoms with E-state index in [1.165, 1.54) is 0 Å². The summed E-state index contributed by atoms with van der Waals surface area (Å²) in [6.45, 7) is 1.86. The molecule has 2 rings (SSSR count). The van der Waals surface area contributed by atoms with Gasteiger partial charge >= 0.3 is 0 Å². The summed E-state index contributed by atoms with van der Waals surface area (Å²) >= 11 is 0. The normalized spacial score (nSPS) is 12.6. The number of rotatable bonds is 6. The van der Waals surface area contributed by atoms with Crippen LogP contribution < -0.4 is 5.32 Å². The van der Waals surface area contributed by atoms with E-state index in [9.17, 15) is 4.79 Å². The van der Waals surface area contributed by atoms with Gasteiger partial charge in [0.05, 0.1) is 12.5 Å². The molecular formula is C17H21NO3. The van der Waals surface area contributed by atoms with Crippen molar-refractivity contribution in [1.82, 2.24) is 5.32 Å². The van der Waals surface area contributed by atoms with Crippen molar-refractivity contribution in [2.45, 2.75) is 25.7 Å². The topological polar surface area (TPSA) is 47.6 Å². The number of amides is 1. The molecule has 0 saturated heterocycles. The summed E-state index contributed by atoms with van der Waals surface area (Å²) in [5.74, 6) is -0.0436. The van der Waals surface area contributed by atoms with Crippen molar-refractivity contribution in [3.05, 3.63) is 48.0 Å². The van der Waals surface area contributed by atoms with Gasteiger partial charge in [-0.3, -0.25) is 4.79 Å². The highest BCUT2D eigenvalue weighted by atomic mass is 16.7. The number of fused-ring (bicyclic) bond motifs is 1. The van der Waals surface area contributed by atoms with E-state index < -0.39 is 6.29 Å². The first-order valence-electron chi connectivity index (χ1n) is 6.97. The van der Waals surface area contributed by atoms with Crippen molar-refractivity contribution in [1.29, 1.82) is 0 Å². The lowest BCUT2D eigenvalue weighted by Crippen LogP contribution is -2.43. The first-order valence-corrected chi connectivity index (χ1v) is 6.97. The van der Waals surface area contributed by atoms with Crippen LogP contribution in [0.25, 0.3) is 10.8 Å². The van der Waals surface area contributed by atoms with E-state index in [1.54, 1.807) is 14.2 Å². The van der Waals surface area contributed by atoms with E-state index in [0.717, 1.165) is 16.3 Å². The van der Waals surface area contributed by atoms with Crippen molar-refractivity contribution < 1.29 is 14.3 Å². The van der Waals surface area contributed by atoms with E-state index >= 15 is 0 Å². The predicted octanol–water partition coefficient (Wildman–Crippen LogP) is 2.51. The minimum Gasteiger partial charge on any atom is -0.354 e. The largest absolute Gasteiger partial charge is 0.354 e. The van der Waals surface area contributed by atoms with Crippen LogP contribution in [0.5, 0.6) is 0 Å². The number of hydrogen-bond donors (Lipinski definition) is 1. The highest BCUT2D eigenvalue weighted by Crippen LogP contribution is 2.18. The van der Waals surface area contributed by atoms with Crippen LogP contribution in [-0.4, -0.2) is 32.5 Å². The molecule has 4 nitrogen and oxygen atoms in total. The Hall–Kier alpha value is -1.91. The zero-order valence-corrected chi connectivity index (χ0v) is 12.6. The Morgan fingerprint density at radius 2 is 1.76 bits per heavy atom. The molecule has 2 aromatic rings. The van der Waals surface area contributed by atoms with Crippen molar-refractivity contribution in [3.8, 4) is 0 Å². The van der Waals surface area contributed by atoms with E-state index in [1.807, 2.05) is 49.4 Å². The average Bonchev–Trinajstić information content (AvgIpc) is 2.48. The number of methoxy groups -OCH3 is 2. The lowest BCUT2D eigenvalue weighted by atomic mass is 10.0. The molecule has 1 unspecified atom stereocenters. The van der Waals surface area contributed by atoms with Crippen LogP contribution in [0.3, 0.4) is 0 Å². The molecule has 4 heteroatoms. The van der Waals surface area contributed by atoms with Gasteiger partial charge in [-0.2, -0.15) is 0 Å². The number of carbonyl (C=O) groups is 1. The second kappa shape index (κ2) is 7.20. The molecule has 0 radical (unpaired) electrons. The number of hydrogen-bond acceptors (Lipinski definition) is 3. The zero-order chi connectivity index (χ0) is 15.2. The van der Waals surface area contributed by atoms with Gasteiger partial charge in [0.2, 0.25) is 5.91 Å². The third-order valence-corrected chi connectivity index (χ3v) is 3.49. The summed E-state index contributed by atoms with van der Waals surface area (Å²) in [5.41, 5.74) is 1.02. The first-order chi connectivity index (χ1) is 10.2. The van der Waals surface area contributed by atoms with Crippen molar-refractivity contribution >= 4 is 16.7 Å². The fourth-order valence-electron chi connectivity index (χ4n) is 2.50. The van der Waals surface area contributed by atoms with Gasteiger partial charge < -0.3 is 14.8 Å². The maximum Gasteiger partial charge on any atom is 0.224 e. The van der Waals surface area contributed by atoms with Gasteiger partial charge in [-0.15, -0.1) is 0 Å². The van der Waals surface area contributed by atoms with Gasteiger partial charge in [0.1, 0.15) is 0 Å². The van der Waals surface area contributed by atoms with E-state index in [0.29, 0.717) is 6.42 Å². The van der Waals surface area contributed by atoms with Gasteiger partial charge in [-0.1, -0.05) is 42.5 Å². The number of ether oxygens (including phenoxy) is 2. The van der Waals surface area contributed by atoms with Gasteiger partial charge in [0.25, 0.3) is 0 Å². The highest BCUT2D eigenvalue weighted by Gasteiger charge is 2.18. The molecule has 0 aliphatic heterocycles. The standard InChI is InChI=1S/C17H21NO3/c1-12(17(20-2)21-3)18-16(19)11-14-9-6-8-13-7-4-5-10-15(13)14/h4-10,12,17H,11H2,1-3H3,(H,18,19). The smallest absolute Gasteiger partial charge is 0.224 e. The number of nitrogens with one attached hydrogen (secondary N) is 1. The maximum atomic E-state index is 12.2. The molecule has 0 saturated carbocycles. The SMILES string of the molecule is COC(OC)C(C)NC(=O)Cc1cccc2ccccc12. The lowest BCUT2D eigenvalue weighted by Gasteiger charge is -2.22. The fraction of sp³-hybridized carbons (Fsp3) is 0.353. The summed E-state index contributed by atoms with van der Waals surface area (Å²) in [5, 5.41) is 5.16. The van der Waals surface area contributed by atoms with Crippen molar-refractivity contribution in [2.24, 2.45) is 0 Å². The molecule has 0 spiro atoms. The third kappa shape index (κ3) is 3.80. The average molecular weight is 287 g/mol. The molecule has 0 aliphatic carbocycles. The molecule has 1 atom stereocenters. The monoisotopic (exact) mass is 287 g/mol. The summed E-state index contributed by atoms with van der Waals surface area (Å²) in [6.07, 6.45) is -0.104. The highest BCUT2D eigenvalue weighted by molar-refractivity contribution is 5.90. The summed E-state index contributed by atoms with van der Waals surface area (Å²) < 4.78 is 10.3. The van der Waals surface area contributed by atoms with Crippen molar-refractivity contribution in [3.63, 3.8) is 0 Å². The summed E-state index contributed by atoms with van der Waals surface area (Å²) in [7, 11) is 3.11. The molecule has 1 amide bonds. The van der Waals surface area contributed by atoms with Crippen LogP contribution in [0.15, 0.2) is 42.5 Å². The second-order valence-electron chi connectivity index (χ2n) is 5.01. The fourth-order valence-corrected chi connectivity index (χ4v) is 2.50. The van der Waals surface area contributed by atoms with Crippen LogP contribution in [0.1, 0.15) is 12.5 Å². The Kier molecular flexibility index (Phi) is 5.31. The number of benzene rings is 2. The van der Waals surface area contributed by atoms with Gasteiger partial charge in [-0.05, 0) is 23.3 Å². The Morgan fingerprint density at radius 3 is 2.48 bits per heavy atom. The van der Waals surface area contributed by atoms with Crippen LogP contribution >= 0.6 is 0 Å². The molecule has 0 heterocycles. The van der Waals surface area contributed by atoms with Gasteiger partial charge in [-0.25, -0.2) is 0 Å². The third-order valence-electron chi connectivity index (χ3n) is 3.49. The first kappa shape index (κ1) is 15.5. The predicted molar refractivity (Wildman–Crippen MR) is 83.1 cm³/mol. The van der Waals surface area contributed by atoms with Crippen LogP contribution in [0.4, 0.5) is 0 Å². The Morgan fingerprint density at radius 1 is 1.10 bits per heavy atom. The quantitative estimate of drug-likeness (QED) is 0.830. The summed E-state index contributed by atoms with van der Waals surface area (Å²) in [6, 6.07) is 13.9. The molecule has 21 heavy (non-hydrogen) atoms. The minimum absolute atomic E-state index is 0.0436. The minimum atomic E-state index is -0.443. The van der Waals surface area contributed by atoms with Crippen LogP contribution in [0, 0.1) is 0 Å². The van der Waals surface area contributed by atoms with E-state index in [2.05, 4.69) is 5.32 Å². The molecule has 112 valence electrons. The van der Waals surface area contributed by atoms with Gasteiger partial charge in [0.15, 0.2) is 6.29 Å². The molecule has 0 bridgehead atoms. The molecule has 0 fully saturated rings. The molecule has 0 aliphatic rings. The van der Waals surface area contributed by atoms with E-state index in [4.69, 9.17) is 9.47 Å². The molecule has 1 N–H and O–H groups in total.